The number of carbonyl (C=O) groups excluding carboxylic acids is 2. The molecule has 0 aliphatic carbocycles. The number of nitrogens with zero attached hydrogens (tertiary/aromatic N) is 2. The monoisotopic (exact) mass is 516 g/mol. The van der Waals surface area contributed by atoms with Crippen molar-refractivity contribution in [2.75, 3.05) is 47.6 Å². The average molecular weight is 517 g/mol. The lowest BCUT2D eigenvalue weighted by molar-refractivity contribution is -0.141. The Morgan fingerprint density at radius 2 is 1.65 bits per heavy atom. The summed E-state index contributed by atoms with van der Waals surface area (Å²) in [5.74, 6) is 1.94. The minimum Gasteiger partial charge on any atom is -0.493 e. The molecular formula is C29H44N2O6. The van der Waals surface area contributed by atoms with E-state index in [0.29, 0.717) is 62.8 Å². The molecule has 1 aromatic heterocycles. The predicted octanol–water partition coefficient (Wildman–Crippen LogP) is 5.09. The molecule has 0 radical (unpaired) electrons. The number of rotatable bonds is 19. The fraction of sp³-hybridized carbons (Fsp3) is 0.586. The topological polar surface area (TPSA) is 81.5 Å². The van der Waals surface area contributed by atoms with Gasteiger partial charge in [0.05, 0.1) is 33.6 Å². The van der Waals surface area contributed by atoms with Crippen molar-refractivity contribution in [3.8, 4) is 11.5 Å². The van der Waals surface area contributed by atoms with E-state index in [0.717, 1.165) is 24.8 Å². The average Bonchev–Trinajstić information content (AvgIpc) is 3.43. The van der Waals surface area contributed by atoms with Crippen molar-refractivity contribution < 1.29 is 28.2 Å². The second kappa shape index (κ2) is 17.5. The van der Waals surface area contributed by atoms with Gasteiger partial charge in [-0.2, -0.15) is 0 Å². The SMILES string of the molecule is CCCCCCCC(=O)N(CCCOC)CC(=O)N(CCc1ccc(OC)c(OC)c1)Cc1ccco1. The van der Waals surface area contributed by atoms with E-state index in [9.17, 15) is 9.59 Å². The molecule has 2 amide bonds. The third kappa shape index (κ3) is 10.9. The molecule has 0 fully saturated rings. The van der Waals surface area contributed by atoms with E-state index in [1.165, 1.54) is 12.8 Å². The van der Waals surface area contributed by atoms with Gasteiger partial charge in [0.15, 0.2) is 11.5 Å². The minimum absolute atomic E-state index is 0.0267. The highest BCUT2D eigenvalue weighted by Crippen LogP contribution is 2.27. The number of amides is 2. The molecule has 0 N–H and O–H groups in total. The van der Waals surface area contributed by atoms with Gasteiger partial charge in [0.1, 0.15) is 5.76 Å². The van der Waals surface area contributed by atoms with Gasteiger partial charge in [0, 0.05) is 33.2 Å². The molecule has 0 saturated heterocycles. The summed E-state index contributed by atoms with van der Waals surface area (Å²) in [6.45, 7) is 4.09. The Labute approximate surface area is 221 Å². The van der Waals surface area contributed by atoms with Crippen LogP contribution in [0.2, 0.25) is 0 Å². The lowest BCUT2D eigenvalue weighted by Crippen LogP contribution is -2.43. The number of unbranched alkanes of at least 4 members (excludes halogenated alkanes) is 4. The maximum absolute atomic E-state index is 13.5. The maximum Gasteiger partial charge on any atom is 0.242 e. The summed E-state index contributed by atoms with van der Waals surface area (Å²) in [5.41, 5.74) is 1.02. The first-order chi connectivity index (χ1) is 18.0. The number of hydrogen-bond donors (Lipinski definition) is 0. The van der Waals surface area contributed by atoms with E-state index >= 15 is 0 Å². The summed E-state index contributed by atoms with van der Waals surface area (Å²) >= 11 is 0. The molecular weight excluding hydrogens is 472 g/mol. The molecule has 206 valence electrons. The zero-order valence-electron chi connectivity index (χ0n) is 23.0. The fourth-order valence-corrected chi connectivity index (χ4v) is 4.18. The molecule has 0 saturated carbocycles. The Bertz CT molecular complexity index is 915. The smallest absolute Gasteiger partial charge is 0.242 e. The summed E-state index contributed by atoms with van der Waals surface area (Å²) in [7, 11) is 4.85. The number of ether oxygens (including phenoxy) is 3. The van der Waals surface area contributed by atoms with E-state index in [4.69, 9.17) is 18.6 Å². The first-order valence-corrected chi connectivity index (χ1v) is 13.3. The lowest BCUT2D eigenvalue weighted by Gasteiger charge is -2.27. The number of methoxy groups -OCH3 is 3. The molecule has 8 nitrogen and oxygen atoms in total. The van der Waals surface area contributed by atoms with Gasteiger partial charge in [0.2, 0.25) is 11.8 Å². The van der Waals surface area contributed by atoms with Crippen LogP contribution < -0.4 is 9.47 Å². The van der Waals surface area contributed by atoms with Gasteiger partial charge in [-0.1, -0.05) is 38.7 Å². The van der Waals surface area contributed by atoms with Gasteiger partial charge in [0.25, 0.3) is 0 Å². The van der Waals surface area contributed by atoms with Crippen molar-refractivity contribution in [2.24, 2.45) is 0 Å². The molecule has 0 spiro atoms. The molecule has 37 heavy (non-hydrogen) atoms. The van der Waals surface area contributed by atoms with Crippen molar-refractivity contribution in [3.63, 3.8) is 0 Å². The van der Waals surface area contributed by atoms with Crippen molar-refractivity contribution in [3.05, 3.63) is 47.9 Å². The summed E-state index contributed by atoms with van der Waals surface area (Å²) in [4.78, 5) is 30.0. The standard InChI is InChI=1S/C29H44N2O6/c1-5-6-7-8-9-13-28(32)30(17-11-19-34-2)23-29(33)31(22-25-12-10-20-37-25)18-16-24-14-15-26(35-3)27(21-24)36-4/h10,12,14-15,20-21H,5-9,11,13,16-19,22-23H2,1-4H3. The Morgan fingerprint density at radius 3 is 2.32 bits per heavy atom. The molecule has 1 aromatic carbocycles. The molecule has 0 aliphatic heterocycles. The summed E-state index contributed by atoms with van der Waals surface area (Å²) in [5, 5.41) is 0. The lowest BCUT2D eigenvalue weighted by atomic mass is 10.1. The third-order valence-corrected chi connectivity index (χ3v) is 6.35. The van der Waals surface area contributed by atoms with Gasteiger partial charge < -0.3 is 28.4 Å². The summed E-state index contributed by atoms with van der Waals surface area (Å²) in [6.07, 6.45) is 8.76. The molecule has 8 heteroatoms. The van der Waals surface area contributed by atoms with Crippen LogP contribution >= 0.6 is 0 Å². The van der Waals surface area contributed by atoms with Crippen LogP contribution in [0.4, 0.5) is 0 Å². The summed E-state index contributed by atoms with van der Waals surface area (Å²) in [6, 6.07) is 9.42. The molecule has 0 atom stereocenters. The number of carbonyl (C=O) groups is 2. The third-order valence-electron chi connectivity index (χ3n) is 6.35. The van der Waals surface area contributed by atoms with Crippen LogP contribution in [0, 0.1) is 0 Å². The fourth-order valence-electron chi connectivity index (χ4n) is 4.18. The Hall–Kier alpha value is -3.00. The van der Waals surface area contributed by atoms with Crippen LogP contribution in [0.3, 0.4) is 0 Å². The van der Waals surface area contributed by atoms with Crippen molar-refractivity contribution in [1.29, 1.82) is 0 Å². The largest absolute Gasteiger partial charge is 0.493 e. The first kappa shape index (κ1) is 30.2. The highest BCUT2D eigenvalue weighted by molar-refractivity contribution is 5.84. The van der Waals surface area contributed by atoms with E-state index in [2.05, 4.69) is 6.92 Å². The van der Waals surface area contributed by atoms with Crippen molar-refractivity contribution in [2.45, 2.75) is 64.8 Å². The minimum atomic E-state index is -0.103. The number of furan rings is 1. The Morgan fingerprint density at radius 1 is 0.865 bits per heavy atom. The number of hydrogen-bond acceptors (Lipinski definition) is 6. The zero-order chi connectivity index (χ0) is 26.9. The van der Waals surface area contributed by atoms with Crippen LogP contribution in [0.25, 0.3) is 0 Å². The molecule has 2 rings (SSSR count). The second-order valence-corrected chi connectivity index (χ2v) is 9.16. The number of benzene rings is 1. The van der Waals surface area contributed by atoms with Gasteiger partial charge in [-0.3, -0.25) is 9.59 Å². The van der Waals surface area contributed by atoms with E-state index < -0.39 is 0 Å². The molecule has 0 aliphatic rings. The molecule has 1 heterocycles. The molecule has 2 aromatic rings. The van der Waals surface area contributed by atoms with Crippen molar-refractivity contribution >= 4 is 11.8 Å². The quantitative estimate of drug-likeness (QED) is 0.242. The first-order valence-electron chi connectivity index (χ1n) is 13.3. The second-order valence-electron chi connectivity index (χ2n) is 9.16. The van der Waals surface area contributed by atoms with Gasteiger partial charge >= 0.3 is 0 Å². The van der Waals surface area contributed by atoms with E-state index in [-0.39, 0.29) is 18.4 Å². The van der Waals surface area contributed by atoms with Crippen LogP contribution in [-0.4, -0.2) is 69.2 Å². The highest BCUT2D eigenvalue weighted by atomic mass is 16.5. The molecule has 0 bridgehead atoms. The van der Waals surface area contributed by atoms with Crippen LogP contribution in [0.5, 0.6) is 11.5 Å². The normalized spacial score (nSPS) is 10.8. The molecule has 0 unspecified atom stereocenters. The summed E-state index contributed by atoms with van der Waals surface area (Å²) < 4.78 is 21.5. The van der Waals surface area contributed by atoms with Gasteiger partial charge in [-0.25, -0.2) is 0 Å². The van der Waals surface area contributed by atoms with E-state index in [1.807, 2.05) is 30.3 Å². The van der Waals surface area contributed by atoms with E-state index in [1.54, 1.807) is 37.4 Å². The Kier molecular flexibility index (Phi) is 14.3. The van der Waals surface area contributed by atoms with Crippen LogP contribution in [0.15, 0.2) is 41.0 Å². The van der Waals surface area contributed by atoms with Crippen LogP contribution in [0.1, 0.15) is 63.2 Å². The van der Waals surface area contributed by atoms with Gasteiger partial charge in [-0.15, -0.1) is 0 Å². The van der Waals surface area contributed by atoms with Gasteiger partial charge in [-0.05, 0) is 49.1 Å². The maximum atomic E-state index is 13.5. The Balaban J connectivity index is 2.08. The highest BCUT2D eigenvalue weighted by Gasteiger charge is 2.22. The van der Waals surface area contributed by atoms with Crippen LogP contribution in [-0.2, 0) is 27.3 Å². The predicted molar refractivity (Wildman–Crippen MR) is 144 cm³/mol. The zero-order valence-corrected chi connectivity index (χ0v) is 23.0. The van der Waals surface area contributed by atoms with Crippen molar-refractivity contribution in [1.82, 2.24) is 9.80 Å².